The summed E-state index contributed by atoms with van der Waals surface area (Å²) >= 11 is 0. The van der Waals surface area contributed by atoms with Crippen LogP contribution in [0.1, 0.15) is 233 Å². The normalized spacial score (nSPS) is 13.3. The van der Waals surface area contributed by atoms with Gasteiger partial charge in [0.15, 0.2) is 0 Å². The molecule has 0 aliphatic rings. The van der Waals surface area contributed by atoms with Crippen molar-refractivity contribution < 1.29 is 0 Å². The fourth-order valence-electron chi connectivity index (χ4n) is 6.24. The average Bonchev–Trinajstić information content (AvgIpc) is 2.92. The number of unbranched alkanes of at least 4 members (excludes halogenated alkanes) is 28. The predicted octanol–water partition coefficient (Wildman–Crippen LogP) is 14.8. The Morgan fingerprint density at radius 1 is 0.237 bits per heavy atom. The van der Waals surface area contributed by atoms with E-state index in [4.69, 9.17) is 0 Å². The minimum Gasteiger partial charge on any atom is -0.0654 e. The second-order valence-corrected chi connectivity index (χ2v) is 13.4. The van der Waals surface area contributed by atoms with Crippen LogP contribution in [0.2, 0.25) is 0 Å². The van der Waals surface area contributed by atoms with Crippen molar-refractivity contribution in [1.82, 2.24) is 0 Å². The summed E-state index contributed by atoms with van der Waals surface area (Å²) in [6.45, 7) is 9.66. The van der Waals surface area contributed by atoms with E-state index in [-0.39, 0.29) is 0 Å². The summed E-state index contributed by atoms with van der Waals surface area (Å²) < 4.78 is 0. The summed E-state index contributed by atoms with van der Waals surface area (Å²) in [4.78, 5) is 0. The van der Waals surface area contributed by atoms with E-state index in [1.165, 1.54) is 205 Å². The second-order valence-electron chi connectivity index (χ2n) is 13.4. The van der Waals surface area contributed by atoms with Gasteiger partial charge in [0.2, 0.25) is 0 Å². The van der Waals surface area contributed by atoms with E-state index >= 15 is 0 Å². The van der Waals surface area contributed by atoms with Crippen molar-refractivity contribution in [2.24, 2.45) is 11.8 Å². The maximum Gasteiger partial charge on any atom is -0.0417 e. The highest BCUT2D eigenvalue weighted by atomic mass is 14.2. The van der Waals surface area contributed by atoms with Crippen molar-refractivity contribution in [3.05, 3.63) is 0 Å². The maximum absolute atomic E-state index is 2.52. The van der Waals surface area contributed by atoms with Gasteiger partial charge in [-0.1, -0.05) is 233 Å². The highest BCUT2D eigenvalue weighted by Gasteiger charge is 2.11. The first kappa shape index (κ1) is 38.0. The molecule has 0 heteroatoms. The minimum atomic E-state index is 0.935. The Morgan fingerprint density at radius 3 is 0.579 bits per heavy atom. The van der Waals surface area contributed by atoms with Gasteiger partial charge >= 0.3 is 0 Å². The van der Waals surface area contributed by atoms with Crippen LogP contribution in [0.25, 0.3) is 0 Å². The standard InChI is InChI=1S/C38H78/c1-5-7-9-11-13-15-16-17-18-19-20-21-22-23-24-25-26-27-28-30-32-34-36-38(4)37(3)35-33-31-29-14-12-10-8-6-2/h37-38H,5-36H2,1-4H3. The smallest absolute Gasteiger partial charge is 0.0417 e. The van der Waals surface area contributed by atoms with E-state index in [0.717, 1.165) is 11.8 Å². The first-order chi connectivity index (χ1) is 18.7. The van der Waals surface area contributed by atoms with Crippen LogP contribution >= 0.6 is 0 Å². The molecule has 0 nitrogen and oxygen atoms in total. The SMILES string of the molecule is CCCCCCCCCCCCCCCCCCCCCCCCC(C)C(C)CCCCCCCCCC. The van der Waals surface area contributed by atoms with Gasteiger partial charge in [-0.2, -0.15) is 0 Å². The van der Waals surface area contributed by atoms with Crippen LogP contribution in [0.4, 0.5) is 0 Å². The zero-order valence-electron chi connectivity index (χ0n) is 27.8. The molecule has 0 radical (unpaired) electrons. The third kappa shape index (κ3) is 30.5. The molecule has 38 heavy (non-hydrogen) atoms. The van der Waals surface area contributed by atoms with E-state index in [2.05, 4.69) is 27.7 Å². The number of hydrogen-bond donors (Lipinski definition) is 0. The molecule has 0 spiro atoms. The van der Waals surface area contributed by atoms with Crippen molar-refractivity contribution in [1.29, 1.82) is 0 Å². The Hall–Kier alpha value is 0. The zero-order valence-corrected chi connectivity index (χ0v) is 27.8. The topological polar surface area (TPSA) is 0 Å². The number of rotatable bonds is 33. The summed E-state index contributed by atoms with van der Waals surface area (Å²) in [6, 6.07) is 0. The molecular formula is C38H78. The largest absolute Gasteiger partial charge is 0.0654 e. The molecule has 2 atom stereocenters. The van der Waals surface area contributed by atoms with Crippen LogP contribution in [-0.2, 0) is 0 Å². The van der Waals surface area contributed by atoms with E-state index in [1.807, 2.05) is 0 Å². The van der Waals surface area contributed by atoms with Gasteiger partial charge in [0.25, 0.3) is 0 Å². The Balaban J connectivity index is 3.21. The first-order valence-corrected chi connectivity index (χ1v) is 18.7. The van der Waals surface area contributed by atoms with Gasteiger partial charge in [-0.3, -0.25) is 0 Å². The molecule has 0 N–H and O–H groups in total. The summed E-state index contributed by atoms with van der Waals surface area (Å²) in [5.41, 5.74) is 0. The van der Waals surface area contributed by atoms with Crippen molar-refractivity contribution >= 4 is 0 Å². The van der Waals surface area contributed by atoms with E-state index in [9.17, 15) is 0 Å². The van der Waals surface area contributed by atoms with Crippen LogP contribution in [0.15, 0.2) is 0 Å². The third-order valence-electron chi connectivity index (χ3n) is 9.50. The Labute approximate surface area is 244 Å². The van der Waals surface area contributed by atoms with Crippen molar-refractivity contribution in [2.75, 3.05) is 0 Å². The lowest BCUT2D eigenvalue weighted by Crippen LogP contribution is -2.08. The third-order valence-corrected chi connectivity index (χ3v) is 9.50. The molecular weight excluding hydrogens is 456 g/mol. The molecule has 0 aromatic heterocycles. The van der Waals surface area contributed by atoms with E-state index in [1.54, 1.807) is 0 Å². The van der Waals surface area contributed by atoms with Crippen molar-refractivity contribution in [3.63, 3.8) is 0 Å². The van der Waals surface area contributed by atoms with Crippen LogP contribution in [0.3, 0.4) is 0 Å². The molecule has 0 amide bonds. The van der Waals surface area contributed by atoms with E-state index < -0.39 is 0 Å². The quantitative estimate of drug-likeness (QED) is 0.0734. The maximum atomic E-state index is 2.52. The van der Waals surface area contributed by atoms with Gasteiger partial charge in [-0.05, 0) is 11.8 Å². The van der Waals surface area contributed by atoms with Crippen LogP contribution in [0, 0.1) is 11.8 Å². The molecule has 230 valence electrons. The lowest BCUT2D eigenvalue weighted by molar-refractivity contribution is 0.322. The van der Waals surface area contributed by atoms with Gasteiger partial charge in [0.1, 0.15) is 0 Å². The summed E-state index contributed by atoms with van der Waals surface area (Å²) in [5, 5.41) is 0. The monoisotopic (exact) mass is 535 g/mol. The fraction of sp³-hybridized carbons (Fsp3) is 1.00. The molecule has 0 aromatic rings. The fourth-order valence-corrected chi connectivity index (χ4v) is 6.24. The zero-order chi connectivity index (χ0) is 27.8. The second kappa shape index (κ2) is 33.2. The van der Waals surface area contributed by atoms with Crippen molar-refractivity contribution in [2.45, 2.75) is 233 Å². The Bertz CT molecular complexity index is 399. The summed E-state index contributed by atoms with van der Waals surface area (Å²) in [5.74, 6) is 1.87. The molecule has 0 aliphatic carbocycles. The number of hydrogen-bond acceptors (Lipinski definition) is 0. The molecule has 2 unspecified atom stereocenters. The Morgan fingerprint density at radius 2 is 0.395 bits per heavy atom. The van der Waals surface area contributed by atoms with Gasteiger partial charge in [0, 0.05) is 0 Å². The molecule has 0 saturated heterocycles. The van der Waals surface area contributed by atoms with Crippen LogP contribution in [-0.4, -0.2) is 0 Å². The van der Waals surface area contributed by atoms with Gasteiger partial charge < -0.3 is 0 Å². The highest BCUT2D eigenvalue weighted by molar-refractivity contribution is 4.63. The van der Waals surface area contributed by atoms with Crippen LogP contribution < -0.4 is 0 Å². The Kier molecular flexibility index (Phi) is 33.2. The molecule has 0 fully saturated rings. The lowest BCUT2D eigenvalue weighted by atomic mass is 9.86. The molecule has 0 rings (SSSR count). The molecule has 0 bridgehead atoms. The molecule has 0 saturated carbocycles. The summed E-state index contributed by atoms with van der Waals surface area (Å²) in [7, 11) is 0. The average molecular weight is 535 g/mol. The van der Waals surface area contributed by atoms with Crippen LogP contribution in [0.5, 0.6) is 0 Å². The van der Waals surface area contributed by atoms with Crippen molar-refractivity contribution in [3.8, 4) is 0 Å². The van der Waals surface area contributed by atoms with Gasteiger partial charge in [-0.15, -0.1) is 0 Å². The lowest BCUT2D eigenvalue weighted by Gasteiger charge is -2.19. The molecule has 0 heterocycles. The first-order valence-electron chi connectivity index (χ1n) is 18.7. The van der Waals surface area contributed by atoms with E-state index in [0.29, 0.717) is 0 Å². The minimum absolute atomic E-state index is 0.935. The summed E-state index contributed by atoms with van der Waals surface area (Å²) in [6.07, 6.45) is 47.1. The van der Waals surface area contributed by atoms with Gasteiger partial charge in [0.05, 0.1) is 0 Å². The molecule has 0 aromatic carbocycles. The molecule has 0 aliphatic heterocycles. The highest BCUT2D eigenvalue weighted by Crippen LogP contribution is 2.24. The van der Waals surface area contributed by atoms with Gasteiger partial charge in [-0.25, -0.2) is 0 Å². The predicted molar refractivity (Wildman–Crippen MR) is 177 cm³/mol.